The molecule has 258 valence electrons. The van der Waals surface area contributed by atoms with Crippen molar-refractivity contribution >= 4 is 46.4 Å². The van der Waals surface area contributed by atoms with E-state index in [2.05, 4.69) is 52.8 Å². The molecule has 0 amide bonds. The van der Waals surface area contributed by atoms with E-state index < -0.39 is 6.04 Å². The van der Waals surface area contributed by atoms with Gasteiger partial charge in [0.1, 0.15) is 5.82 Å². The molecule has 0 unspecified atom stereocenters. The molecule has 1 fully saturated rings. The van der Waals surface area contributed by atoms with E-state index >= 15 is 0 Å². The molecule has 3 N–H and O–H groups in total. The number of nitrogens with zero attached hydrogens (tertiary/aromatic N) is 6. The second-order valence-electron chi connectivity index (χ2n) is 12.7. The van der Waals surface area contributed by atoms with Gasteiger partial charge in [-0.3, -0.25) is 14.7 Å². The lowest BCUT2D eigenvalue weighted by atomic mass is 9.99. The highest BCUT2D eigenvalue weighted by atomic mass is 19.1. The fraction of sp³-hybridized carbons (Fsp3) is 0.368. The number of methoxy groups -OCH3 is 1. The predicted octanol–water partition coefficient (Wildman–Crippen LogP) is 7.05. The van der Waals surface area contributed by atoms with Crippen LogP contribution in [0.5, 0.6) is 0 Å². The van der Waals surface area contributed by atoms with Crippen LogP contribution in [0.25, 0.3) is 4.85 Å². The van der Waals surface area contributed by atoms with Gasteiger partial charge in [-0.2, -0.15) is 15.0 Å². The molecule has 2 aliphatic heterocycles. The minimum Gasteiger partial charge on any atom is -0.385 e. The summed E-state index contributed by atoms with van der Waals surface area (Å²) in [5.74, 6) is 0.518. The van der Waals surface area contributed by atoms with Crippen LogP contribution in [0, 0.1) is 12.4 Å². The lowest BCUT2D eigenvalue weighted by Gasteiger charge is -2.26. The standard InChI is InChI=1S/C38H42FN9O2/c1-40-30-15-11-26(12-16-30)21-34(35(49)10-7-19-50-2)44-38-46-36(41-24-32-22-28-13-14-29(39)23-33(28)42-32)45-37(47-38)43-31-9-6-8-27(20-31)25-48-17-4-3-5-18-48/h6,8-9,11-16,20,23,34H,3-5,7,10,17-19,21-22,24-25H2,2H3,(H3,41,43,44,45,46,47)/t34-/m0/s1. The number of nitrogens with one attached hydrogen (secondary N) is 3. The van der Waals surface area contributed by atoms with Gasteiger partial charge in [0.25, 0.3) is 0 Å². The number of hydrogen-bond acceptors (Lipinski definition) is 10. The quantitative estimate of drug-likeness (QED) is 0.0848. The summed E-state index contributed by atoms with van der Waals surface area (Å²) >= 11 is 0. The number of carbonyl (C=O) groups excluding carboxylic acids is 1. The number of fused-ring (bicyclic) bond motifs is 1. The molecule has 50 heavy (non-hydrogen) atoms. The van der Waals surface area contributed by atoms with Crippen LogP contribution in [0.3, 0.4) is 0 Å². The number of benzene rings is 3. The van der Waals surface area contributed by atoms with Crippen molar-refractivity contribution in [3.63, 3.8) is 0 Å². The molecule has 1 aromatic heterocycles. The number of anilines is 4. The number of carbonyl (C=O) groups is 1. The number of likely N-dealkylation sites (tertiary alicyclic amines) is 1. The van der Waals surface area contributed by atoms with Crippen molar-refractivity contribution in [2.45, 2.75) is 57.5 Å². The van der Waals surface area contributed by atoms with E-state index in [-0.39, 0.29) is 17.5 Å². The van der Waals surface area contributed by atoms with Gasteiger partial charge in [-0.05, 0) is 79.7 Å². The monoisotopic (exact) mass is 675 g/mol. The van der Waals surface area contributed by atoms with Crippen LogP contribution in [0.1, 0.15) is 48.8 Å². The molecule has 3 heterocycles. The molecule has 1 saturated heterocycles. The number of Topliss-reactive ketones (excluding diaryl/α,β-unsaturated/α-hetero) is 1. The Labute approximate surface area is 292 Å². The zero-order valence-electron chi connectivity index (χ0n) is 28.3. The summed E-state index contributed by atoms with van der Waals surface area (Å²) in [5.41, 5.74) is 5.90. The number of ether oxygens (including phenoxy) is 1. The van der Waals surface area contributed by atoms with Gasteiger partial charge in [-0.15, -0.1) is 0 Å². The van der Waals surface area contributed by atoms with Gasteiger partial charge in [0.2, 0.25) is 17.8 Å². The number of aromatic nitrogens is 3. The summed E-state index contributed by atoms with van der Waals surface area (Å²) in [4.78, 5) is 38.1. The summed E-state index contributed by atoms with van der Waals surface area (Å²) in [6.45, 7) is 11.2. The van der Waals surface area contributed by atoms with Crippen molar-refractivity contribution in [2.24, 2.45) is 4.99 Å². The molecule has 6 rings (SSSR count). The zero-order chi connectivity index (χ0) is 34.7. The summed E-state index contributed by atoms with van der Waals surface area (Å²) in [6.07, 6.45) is 5.62. The first-order chi connectivity index (χ1) is 24.4. The first kappa shape index (κ1) is 34.6. The zero-order valence-corrected chi connectivity index (χ0v) is 28.3. The van der Waals surface area contributed by atoms with Crippen LogP contribution in [0.15, 0.2) is 71.7 Å². The second kappa shape index (κ2) is 16.9. The van der Waals surface area contributed by atoms with E-state index in [1.54, 1.807) is 25.3 Å². The third-order valence-corrected chi connectivity index (χ3v) is 8.81. The molecule has 0 bridgehead atoms. The molecule has 12 heteroatoms. The van der Waals surface area contributed by atoms with E-state index in [9.17, 15) is 9.18 Å². The summed E-state index contributed by atoms with van der Waals surface area (Å²) < 4.78 is 19.0. The van der Waals surface area contributed by atoms with Crippen LogP contribution < -0.4 is 16.0 Å². The lowest BCUT2D eigenvalue weighted by Crippen LogP contribution is -2.33. The van der Waals surface area contributed by atoms with Crippen molar-refractivity contribution in [2.75, 3.05) is 49.3 Å². The topological polar surface area (TPSA) is 121 Å². The molecule has 2 aliphatic rings. The molecule has 0 radical (unpaired) electrons. The average molecular weight is 676 g/mol. The number of aliphatic imine (C=N–C) groups is 1. The third-order valence-electron chi connectivity index (χ3n) is 8.81. The molecule has 4 aromatic rings. The lowest BCUT2D eigenvalue weighted by molar-refractivity contribution is -0.120. The van der Waals surface area contributed by atoms with Gasteiger partial charge in [-0.1, -0.05) is 48.9 Å². The van der Waals surface area contributed by atoms with Crippen molar-refractivity contribution < 1.29 is 13.9 Å². The fourth-order valence-corrected chi connectivity index (χ4v) is 6.24. The van der Waals surface area contributed by atoms with Gasteiger partial charge in [-0.25, -0.2) is 9.24 Å². The van der Waals surface area contributed by atoms with E-state index in [0.29, 0.717) is 62.1 Å². The molecule has 3 aromatic carbocycles. The summed E-state index contributed by atoms with van der Waals surface area (Å²) in [6, 6.07) is 19.5. The molecule has 0 aliphatic carbocycles. The summed E-state index contributed by atoms with van der Waals surface area (Å²) in [7, 11) is 1.62. The molecule has 1 atom stereocenters. The van der Waals surface area contributed by atoms with E-state index in [1.807, 2.05) is 24.3 Å². The Balaban J connectivity index is 1.24. The van der Waals surface area contributed by atoms with Gasteiger partial charge in [0, 0.05) is 44.5 Å². The number of piperidine rings is 1. The maximum Gasteiger partial charge on any atom is 0.233 e. The van der Waals surface area contributed by atoms with Crippen LogP contribution in [-0.4, -0.2) is 70.7 Å². The molecular weight excluding hydrogens is 633 g/mol. The smallest absolute Gasteiger partial charge is 0.233 e. The molecule has 0 saturated carbocycles. The molecular formula is C38H42FN9O2. The average Bonchev–Trinajstić information content (AvgIpc) is 3.53. The highest BCUT2D eigenvalue weighted by molar-refractivity contribution is 5.96. The first-order valence-electron chi connectivity index (χ1n) is 17.1. The van der Waals surface area contributed by atoms with E-state index in [1.165, 1.54) is 37.0 Å². The van der Waals surface area contributed by atoms with Gasteiger partial charge >= 0.3 is 0 Å². The maximum atomic E-state index is 13.8. The summed E-state index contributed by atoms with van der Waals surface area (Å²) in [5, 5.41) is 9.92. The third kappa shape index (κ3) is 9.68. The van der Waals surface area contributed by atoms with Gasteiger partial charge in [0.15, 0.2) is 11.5 Å². The maximum absolute atomic E-state index is 13.8. The minimum atomic E-state index is -0.634. The second-order valence-corrected chi connectivity index (χ2v) is 12.7. The van der Waals surface area contributed by atoms with Gasteiger partial charge < -0.3 is 20.7 Å². The number of halogens is 1. The molecule has 11 nitrogen and oxygen atoms in total. The number of ketones is 1. The Morgan fingerprint density at radius 2 is 1.78 bits per heavy atom. The SMILES string of the molecule is [C-]#[N+]c1ccc(C[C@H](Nc2nc(NCC3=Nc4cc(F)ccc4C3)nc(Nc3cccc(CN4CCCCC4)c3)n2)C(=O)CCCOC)cc1. The fourth-order valence-electron chi connectivity index (χ4n) is 6.24. The Morgan fingerprint density at radius 1 is 0.980 bits per heavy atom. The Hall–Kier alpha value is -5.25. The van der Waals surface area contributed by atoms with Crippen molar-refractivity contribution in [3.05, 3.63) is 101 Å². The van der Waals surface area contributed by atoms with Crippen LogP contribution in [0.4, 0.5) is 39.3 Å². The largest absolute Gasteiger partial charge is 0.385 e. The van der Waals surface area contributed by atoms with Gasteiger partial charge in [0.05, 0.1) is 24.8 Å². The normalized spacial score (nSPS) is 14.7. The highest BCUT2D eigenvalue weighted by Gasteiger charge is 2.22. The Bertz CT molecular complexity index is 1850. The molecule has 0 spiro atoms. The number of hydrogen-bond donors (Lipinski definition) is 3. The van der Waals surface area contributed by atoms with E-state index in [4.69, 9.17) is 16.3 Å². The van der Waals surface area contributed by atoms with E-state index in [0.717, 1.165) is 42.2 Å². The minimum absolute atomic E-state index is 0.00328. The Kier molecular flexibility index (Phi) is 11.7. The van der Waals surface area contributed by atoms with Crippen molar-refractivity contribution in [1.82, 2.24) is 19.9 Å². The van der Waals surface area contributed by atoms with Crippen LogP contribution in [0.2, 0.25) is 0 Å². The number of rotatable bonds is 16. The predicted molar refractivity (Wildman–Crippen MR) is 194 cm³/mol. The van der Waals surface area contributed by atoms with Crippen molar-refractivity contribution in [1.29, 1.82) is 0 Å². The Morgan fingerprint density at radius 3 is 2.58 bits per heavy atom. The highest BCUT2D eigenvalue weighted by Crippen LogP contribution is 2.28. The van der Waals surface area contributed by atoms with Crippen molar-refractivity contribution in [3.8, 4) is 0 Å². The first-order valence-corrected chi connectivity index (χ1v) is 17.1. The van der Waals surface area contributed by atoms with Crippen LogP contribution >= 0.6 is 0 Å². The van der Waals surface area contributed by atoms with Crippen LogP contribution in [-0.2, 0) is 28.9 Å².